The highest BCUT2D eigenvalue weighted by Gasteiger charge is 2.27. The molecule has 0 atom stereocenters. The SMILES string of the molecule is COCCNCC(=O)NCc1ccccc1S(=O)(=O)N1CCCCC1.Cl. The number of piperidine rings is 1. The predicted octanol–water partition coefficient (Wildman–Crippen LogP) is 1.14. The van der Waals surface area contributed by atoms with E-state index < -0.39 is 10.0 Å². The highest BCUT2D eigenvalue weighted by Crippen LogP contribution is 2.23. The average Bonchev–Trinajstić information content (AvgIpc) is 2.64. The van der Waals surface area contributed by atoms with Gasteiger partial charge in [-0.3, -0.25) is 4.79 Å². The summed E-state index contributed by atoms with van der Waals surface area (Å²) in [5.74, 6) is -0.179. The third-order valence-corrected chi connectivity index (χ3v) is 6.15. The van der Waals surface area contributed by atoms with Crippen LogP contribution in [0.5, 0.6) is 0 Å². The van der Waals surface area contributed by atoms with Crippen LogP contribution >= 0.6 is 12.4 Å². The number of ether oxygens (including phenoxy) is 1. The number of benzene rings is 1. The van der Waals surface area contributed by atoms with Gasteiger partial charge in [0.2, 0.25) is 15.9 Å². The van der Waals surface area contributed by atoms with Crippen LogP contribution in [0.15, 0.2) is 29.2 Å². The van der Waals surface area contributed by atoms with E-state index in [9.17, 15) is 13.2 Å². The van der Waals surface area contributed by atoms with Gasteiger partial charge in [0.05, 0.1) is 18.0 Å². The number of amides is 1. The molecule has 0 spiro atoms. The molecule has 0 bridgehead atoms. The lowest BCUT2D eigenvalue weighted by Crippen LogP contribution is -2.37. The summed E-state index contributed by atoms with van der Waals surface area (Å²) in [6, 6.07) is 6.86. The fourth-order valence-corrected chi connectivity index (χ4v) is 4.52. The molecule has 7 nitrogen and oxygen atoms in total. The second-order valence-electron chi connectivity index (χ2n) is 6.02. The smallest absolute Gasteiger partial charge is 0.243 e. The van der Waals surface area contributed by atoms with Crippen LogP contribution in [0.25, 0.3) is 0 Å². The third kappa shape index (κ3) is 6.51. The fraction of sp³-hybridized carbons (Fsp3) is 0.588. The Bertz CT molecular complexity index is 664. The van der Waals surface area contributed by atoms with Crippen molar-refractivity contribution < 1.29 is 17.9 Å². The molecule has 1 amide bonds. The number of hydrogen-bond donors (Lipinski definition) is 2. The van der Waals surface area contributed by atoms with Crippen LogP contribution in [0, 0.1) is 0 Å². The minimum Gasteiger partial charge on any atom is -0.383 e. The van der Waals surface area contributed by atoms with E-state index in [2.05, 4.69) is 10.6 Å². The van der Waals surface area contributed by atoms with Gasteiger partial charge in [-0.15, -0.1) is 12.4 Å². The summed E-state index contributed by atoms with van der Waals surface area (Å²) in [6.45, 7) is 2.60. The molecular formula is C17H28ClN3O4S. The second-order valence-corrected chi connectivity index (χ2v) is 7.93. The summed E-state index contributed by atoms with van der Waals surface area (Å²) in [5.41, 5.74) is 0.610. The number of nitrogens with one attached hydrogen (secondary N) is 2. The molecule has 148 valence electrons. The number of methoxy groups -OCH3 is 1. The van der Waals surface area contributed by atoms with Crippen LogP contribution in [0.2, 0.25) is 0 Å². The van der Waals surface area contributed by atoms with E-state index in [0.29, 0.717) is 31.8 Å². The molecule has 0 aromatic heterocycles. The summed E-state index contributed by atoms with van der Waals surface area (Å²) < 4.78 is 32.2. The predicted molar refractivity (Wildman–Crippen MR) is 103 cm³/mol. The van der Waals surface area contributed by atoms with E-state index in [1.807, 2.05) is 0 Å². The summed E-state index contributed by atoms with van der Waals surface area (Å²) in [6.07, 6.45) is 2.86. The second kappa shape index (κ2) is 11.5. The lowest BCUT2D eigenvalue weighted by atomic mass is 10.2. The molecular weight excluding hydrogens is 378 g/mol. The maximum absolute atomic E-state index is 12.9. The van der Waals surface area contributed by atoms with Gasteiger partial charge in [0.25, 0.3) is 0 Å². The molecule has 0 aliphatic carbocycles. The molecule has 1 aliphatic heterocycles. The number of carbonyl (C=O) groups excluding carboxylic acids is 1. The quantitative estimate of drug-likeness (QED) is 0.601. The first-order valence-electron chi connectivity index (χ1n) is 8.60. The number of nitrogens with zero attached hydrogens (tertiary/aromatic N) is 1. The van der Waals surface area contributed by atoms with Gasteiger partial charge in [-0.2, -0.15) is 4.31 Å². The van der Waals surface area contributed by atoms with Crippen molar-refractivity contribution >= 4 is 28.3 Å². The zero-order chi connectivity index (χ0) is 18.1. The molecule has 0 unspecified atom stereocenters. The third-order valence-electron chi connectivity index (χ3n) is 4.15. The van der Waals surface area contributed by atoms with Crippen molar-refractivity contribution in [2.45, 2.75) is 30.7 Å². The average molecular weight is 406 g/mol. The maximum atomic E-state index is 12.9. The Balaban J connectivity index is 0.00000338. The number of halogens is 1. The molecule has 1 aromatic carbocycles. The first-order chi connectivity index (χ1) is 12.1. The Kier molecular flexibility index (Phi) is 10.1. The van der Waals surface area contributed by atoms with Gasteiger partial charge in [0.15, 0.2) is 0 Å². The topological polar surface area (TPSA) is 87.7 Å². The first-order valence-corrected chi connectivity index (χ1v) is 10.0. The molecule has 26 heavy (non-hydrogen) atoms. The van der Waals surface area contributed by atoms with Gasteiger partial charge in [0.1, 0.15) is 0 Å². The Morgan fingerprint density at radius 1 is 1.19 bits per heavy atom. The van der Waals surface area contributed by atoms with Crippen molar-refractivity contribution in [2.75, 3.05) is 39.9 Å². The largest absolute Gasteiger partial charge is 0.383 e. The normalized spacial score (nSPS) is 15.3. The summed E-state index contributed by atoms with van der Waals surface area (Å²) in [4.78, 5) is 12.1. The van der Waals surface area contributed by atoms with Crippen LogP contribution in [-0.2, 0) is 26.1 Å². The van der Waals surface area contributed by atoms with Crippen molar-refractivity contribution in [1.29, 1.82) is 0 Å². The molecule has 0 saturated carbocycles. The van der Waals surface area contributed by atoms with Gasteiger partial charge < -0.3 is 15.4 Å². The van der Waals surface area contributed by atoms with Crippen molar-refractivity contribution in [3.05, 3.63) is 29.8 Å². The summed E-state index contributed by atoms with van der Waals surface area (Å²) in [7, 11) is -1.92. The molecule has 1 fully saturated rings. The van der Waals surface area contributed by atoms with Gasteiger partial charge in [0, 0.05) is 33.3 Å². The van der Waals surface area contributed by atoms with Gasteiger partial charge >= 0.3 is 0 Å². The monoisotopic (exact) mass is 405 g/mol. The van der Waals surface area contributed by atoms with Crippen LogP contribution in [-0.4, -0.2) is 58.5 Å². The van der Waals surface area contributed by atoms with Crippen molar-refractivity contribution in [2.24, 2.45) is 0 Å². The lowest BCUT2D eigenvalue weighted by molar-refractivity contribution is -0.120. The molecule has 1 saturated heterocycles. The van der Waals surface area contributed by atoms with Gasteiger partial charge in [-0.25, -0.2) is 8.42 Å². The van der Waals surface area contributed by atoms with Crippen molar-refractivity contribution in [3.63, 3.8) is 0 Å². The van der Waals surface area contributed by atoms with Crippen LogP contribution in [0.4, 0.5) is 0 Å². The van der Waals surface area contributed by atoms with E-state index >= 15 is 0 Å². The van der Waals surface area contributed by atoms with Crippen molar-refractivity contribution in [1.82, 2.24) is 14.9 Å². The van der Waals surface area contributed by atoms with E-state index in [1.54, 1.807) is 35.7 Å². The zero-order valence-corrected chi connectivity index (χ0v) is 16.7. The first kappa shape index (κ1) is 22.9. The van der Waals surface area contributed by atoms with Crippen LogP contribution in [0.3, 0.4) is 0 Å². The van der Waals surface area contributed by atoms with E-state index in [0.717, 1.165) is 19.3 Å². The molecule has 9 heteroatoms. The van der Waals surface area contributed by atoms with E-state index in [1.165, 1.54) is 0 Å². The minimum absolute atomic E-state index is 0. The highest BCUT2D eigenvalue weighted by atomic mass is 35.5. The Morgan fingerprint density at radius 3 is 2.58 bits per heavy atom. The maximum Gasteiger partial charge on any atom is 0.243 e. The molecule has 1 aliphatic rings. The Morgan fingerprint density at radius 2 is 1.88 bits per heavy atom. The van der Waals surface area contributed by atoms with Gasteiger partial charge in [-0.1, -0.05) is 24.6 Å². The minimum atomic E-state index is -3.51. The fourth-order valence-electron chi connectivity index (χ4n) is 2.78. The van der Waals surface area contributed by atoms with Crippen molar-refractivity contribution in [3.8, 4) is 0 Å². The standard InChI is InChI=1S/C17H27N3O4S.ClH/c1-24-12-9-18-14-17(21)19-13-15-7-3-4-8-16(15)25(22,23)20-10-5-2-6-11-20;/h3-4,7-8,18H,2,5-6,9-14H2,1H3,(H,19,21);1H. The number of sulfonamides is 1. The Hall–Kier alpha value is -1.19. The molecule has 2 N–H and O–H groups in total. The molecule has 1 heterocycles. The lowest BCUT2D eigenvalue weighted by Gasteiger charge is -2.26. The summed E-state index contributed by atoms with van der Waals surface area (Å²) >= 11 is 0. The number of carbonyl (C=O) groups is 1. The number of hydrogen-bond acceptors (Lipinski definition) is 5. The zero-order valence-electron chi connectivity index (χ0n) is 15.1. The van der Waals surface area contributed by atoms with E-state index in [4.69, 9.17) is 4.74 Å². The number of rotatable bonds is 9. The highest BCUT2D eigenvalue weighted by molar-refractivity contribution is 7.89. The van der Waals surface area contributed by atoms with Crippen LogP contribution < -0.4 is 10.6 Å². The molecule has 1 aromatic rings. The Labute approximate surface area is 161 Å². The van der Waals surface area contributed by atoms with E-state index in [-0.39, 0.29) is 36.3 Å². The van der Waals surface area contributed by atoms with Crippen LogP contribution in [0.1, 0.15) is 24.8 Å². The molecule has 2 rings (SSSR count). The van der Waals surface area contributed by atoms with Gasteiger partial charge in [-0.05, 0) is 24.5 Å². The summed E-state index contributed by atoms with van der Waals surface area (Å²) in [5, 5.41) is 5.72. The molecule has 0 radical (unpaired) electrons.